The summed E-state index contributed by atoms with van der Waals surface area (Å²) in [6.07, 6.45) is 6.59. The van der Waals surface area contributed by atoms with Crippen LogP contribution in [-0.2, 0) is 6.54 Å². The van der Waals surface area contributed by atoms with Crippen LogP contribution in [0.1, 0.15) is 31.2 Å². The van der Waals surface area contributed by atoms with E-state index >= 15 is 0 Å². The quantitative estimate of drug-likeness (QED) is 0.631. The van der Waals surface area contributed by atoms with Crippen LogP contribution in [0.5, 0.6) is 0 Å². The highest BCUT2D eigenvalue weighted by molar-refractivity contribution is 6.36. The number of nitrogens with zero attached hydrogens (tertiary/aromatic N) is 6. The molecule has 1 aromatic carbocycles. The van der Waals surface area contributed by atoms with Gasteiger partial charge in [-0.05, 0) is 37.8 Å². The molecule has 0 saturated carbocycles. The molecule has 2 saturated heterocycles. The van der Waals surface area contributed by atoms with E-state index in [0.29, 0.717) is 16.6 Å². The smallest absolute Gasteiger partial charge is 0.229 e. The molecule has 2 aromatic heterocycles. The van der Waals surface area contributed by atoms with Crippen LogP contribution in [-0.4, -0.2) is 45.7 Å². The van der Waals surface area contributed by atoms with Gasteiger partial charge in [0.15, 0.2) is 17.0 Å². The molecule has 0 atom stereocenters. The zero-order valence-electron chi connectivity index (χ0n) is 15.6. The van der Waals surface area contributed by atoms with E-state index in [1.165, 1.54) is 25.7 Å². The number of hydrogen-bond acceptors (Lipinski definition) is 5. The molecule has 0 radical (unpaired) electrons. The number of anilines is 2. The minimum absolute atomic E-state index is 0.533. The number of rotatable bonds is 4. The second-order valence-corrected chi connectivity index (χ2v) is 8.29. The van der Waals surface area contributed by atoms with Gasteiger partial charge in [-0.2, -0.15) is 9.97 Å². The monoisotopic (exact) mass is 416 g/mol. The van der Waals surface area contributed by atoms with Crippen LogP contribution >= 0.6 is 23.2 Å². The molecular weight excluding hydrogens is 395 g/mol. The molecule has 6 nitrogen and oxygen atoms in total. The number of hydrogen-bond donors (Lipinski definition) is 0. The predicted octanol–water partition coefficient (Wildman–Crippen LogP) is 4.38. The molecule has 0 amide bonds. The largest absolute Gasteiger partial charge is 0.355 e. The van der Waals surface area contributed by atoms with Gasteiger partial charge in [0.05, 0.1) is 12.9 Å². The maximum Gasteiger partial charge on any atom is 0.229 e. The van der Waals surface area contributed by atoms with Gasteiger partial charge in [0.2, 0.25) is 5.95 Å². The molecule has 2 fully saturated rings. The second kappa shape index (κ2) is 7.41. The minimum Gasteiger partial charge on any atom is -0.355 e. The van der Waals surface area contributed by atoms with Crippen molar-refractivity contribution in [1.29, 1.82) is 0 Å². The van der Waals surface area contributed by atoms with Gasteiger partial charge < -0.3 is 14.4 Å². The summed E-state index contributed by atoms with van der Waals surface area (Å²) in [4.78, 5) is 19.1. The predicted molar refractivity (Wildman–Crippen MR) is 114 cm³/mol. The maximum atomic E-state index is 6.40. The van der Waals surface area contributed by atoms with E-state index in [-0.39, 0.29) is 0 Å². The third-order valence-corrected chi connectivity index (χ3v) is 6.33. The van der Waals surface area contributed by atoms with E-state index in [0.717, 1.165) is 54.7 Å². The Kier molecular flexibility index (Phi) is 4.77. The highest BCUT2D eigenvalue weighted by Gasteiger charge is 2.24. The summed E-state index contributed by atoms with van der Waals surface area (Å²) >= 11 is 12.8. The van der Waals surface area contributed by atoms with E-state index in [4.69, 9.17) is 33.2 Å². The summed E-state index contributed by atoms with van der Waals surface area (Å²) in [6, 6.07) is 5.59. The molecule has 5 rings (SSSR count). The van der Waals surface area contributed by atoms with Crippen LogP contribution in [0.2, 0.25) is 10.0 Å². The lowest BCUT2D eigenvalue weighted by molar-refractivity contribution is 0.807. The molecule has 4 heterocycles. The molecule has 0 N–H and O–H groups in total. The molecule has 8 heteroatoms. The minimum atomic E-state index is 0.533. The van der Waals surface area contributed by atoms with Crippen LogP contribution < -0.4 is 9.80 Å². The zero-order valence-corrected chi connectivity index (χ0v) is 17.1. The topological polar surface area (TPSA) is 50.1 Å². The van der Waals surface area contributed by atoms with E-state index in [9.17, 15) is 0 Å². The van der Waals surface area contributed by atoms with Crippen LogP contribution in [0.3, 0.4) is 0 Å². The first-order valence-corrected chi connectivity index (χ1v) is 10.6. The van der Waals surface area contributed by atoms with Gasteiger partial charge in [0.25, 0.3) is 0 Å². The van der Waals surface area contributed by atoms with Crippen molar-refractivity contribution < 1.29 is 0 Å². The number of aromatic nitrogens is 4. The number of benzene rings is 1. The van der Waals surface area contributed by atoms with E-state index in [2.05, 4.69) is 14.8 Å². The van der Waals surface area contributed by atoms with Crippen molar-refractivity contribution in [3.63, 3.8) is 0 Å². The Labute approximate surface area is 174 Å². The fraction of sp³-hybridized carbons (Fsp3) is 0.450. The molecule has 28 heavy (non-hydrogen) atoms. The molecule has 0 unspecified atom stereocenters. The Balaban J connectivity index is 1.62. The van der Waals surface area contributed by atoms with Crippen LogP contribution in [0, 0.1) is 0 Å². The fourth-order valence-electron chi connectivity index (χ4n) is 4.10. The van der Waals surface area contributed by atoms with Crippen molar-refractivity contribution in [1.82, 2.24) is 19.5 Å². The van der Waals surface area contributed by atoms with Gasteiger partial charge in [-0.25, -0.2) is 4.98 Å². The van der Waals surface area contributed by atoms with E-state index in [1.54, 1.807) is 0 Å². The van der Waals surface area contributed by atoms with Crippen molar-refractivity contribution in [2.24, 2.45) is 0 Å². The summed E-state index contributed by atoms with van der Waals surface area (Å²) in [5.41, 5.74) is 2.58. The maximum absolute atomic E-state index is 6.40. The van der Waals surface area contributed by atoms with Crippen LogP contribution in [0.15, 0.2) is 24.5 Å². The number of imidazole rings is 1. The van der Waals surface area contributed by atoms with E-state index in [1.807, 2.05) is 29.1 Å². The number of halogens is 2. The van der Waals surface area contributed by atoms with Gasteiger partial charge in [0, 0.05) is 41.8 Å². The first kappa shape index (κ1) is 18.0. The number of fused-ring (bicyclic) bond motifs is 1. The van der Waals surface area contributed by atoms with Crippen molar-refractivity contribution in [3.05, 3.63) is 40.1 Å². The van der Waals surface area contributed by atoms with Crippen molar-refractivity contribution in [2.75, 3.05) is 36.0 Å². The van der Waals surface area contributed by atoms with Gasteiger partial charge >= 0.3 is 0 Å². The average Bonchev–Trinajstić information content (AvgIpc) is 3.46. The van der Waals surface area contributed by atoms with Crippen LogP contribution in [0.25, 0.3) is 11.2 Å². The summed E-state index contributed by atoms with van der Waals surface area (Å²) < 4.78 is 2.03. The molecule has 0 aliphatic carbocycles. The Morgan fingerprint density at radius 3 is 2.18 bits per heavy atom. The summed E-state index contributed by atoms with van der Waals surface area (Å²) in [6.45, 7) is 4.60. The van der Waals surface area contributed by atoms with Gasteiger partial charge in [-0.15, -0.1) is 0 Å². The highest BCUT2D eigenvalue weighted by atomic mass is 35.5. The molecule has 146 valence electrons. The first-order valence-electron chi connectivity index (χ1n) is 9.86. The van der Waals surface area contributed by atoms with Crippen molar-refractivity contribution >= 4 is 46.1 Å². The van der Waals surface area contributed by atoms with Gasteiger partial charge in [0.1, 0.15) is 0 Å². The standard InChI is InChI=1S/C20H22Cl2N6/c21-15-6-5-7-16(22)14(15)12-28-13-23-17-18(26-8-1-2-9-26)24-20(25-19(17)28)27-10-3-4-11-27/h5-7,13H,1-4,8-12H2. The molecule has 0 spiro atoms. The Bertz CT molecular complexity index is 985. The Morgan fingerprint density at radius 1 is 0.857 bits per heavy atom. The van der Waals surface area contributed by atoms with E-state index < -0.39 is 0 Å². The molecule has 3 aromatic rings. The Morgan fingerprint density at radius 2 is 1.50 bits per heavy atom. The molecule has 2 aliphatic rings. The third-order valence-electron chi connectivity index (χ3n) is 5.62. The molecule has 2 aliphatic heterocycles. The van der Waals surface area contributed by atoms with Crippen molar-refractivity contribution in [3.8, 4) is 0 Å². The lowest BCUT2D eigenvalue weighted by Crippen LogP contribution is -2.24. The molecular formula is C20H22Cl2N6. The first-order chi connectivity index (χ1) is 13.7. The van der Waals surface area contributed by atoms with Gasteiger partial charge in [-0.1, -0.05) is 29.3 Å². The third kappa shape index (κ3) is 3.18. The SMILES string of the molecule is Clc1cccc(Cl)c1Cn1cnc2c(N3CCCC3)nc(N3CCCC3)nc21. The van der Waals surface area contributed by atoms with Crippen LogP contribution in [0.4, 0.5) is 11.8 Å². The van der Waals surface area contributed by atoms with Gasteiger partial charge in [-0.3, -0.25) is 0 Å². The zero-order chi connectivity index (χ0) is 19.1. The summed E-state index contributed by atoms with van der Waals surface area (Å²) in [5.74, 6) is 1.76. The Hall–Kier alpha value is -2.05. The lowest BCUT2D eigenvalue weighted by Gasteiger charge is -2.21. The van der Waals surface area contributed by atoms with Crippen molar-refractivity contribution in [2.45, 2.75) is 32.2 Å². The molecule has 0 bridgehead atoms. The lowest BCUT2D eigenvalue weighted by atomic mass is 10.2. The summed E-state index contributed by atoms with van der Waals surface area (Å²) in [7, 11) is 0. The normalized spacial score (nSPS) is 17.2. The average molecular weight is 417 g/mol. The second-order valence-electron chi connectivity index (χ2n) is 7.48. The highest BCUT2D eigenvalue weighted by Crippen LogP contribution is 2.31. The fourth-order valence-corrected chi connectivity index (χ4v) is 4.61. The summed E-state index contributed by atoms with van der Waals surface area (Å²) in [5, 5.41) is 1.31.